The summed E-state index contributed by atoms with van der Waals surface area (Å²) in [6.07, 6.45) is 3.79. The van der Waals surface area contributed by atoms with Crippen LogP contribution in [0.4, 0.5) is 10.5 Å². The summed E-state index contributed by atoms with van der Waals surface area (Å²) in [5, 5.41) is 2.93. The maximum absolute atomic E-state index is 12.9. The second kappa shape index (κ2) is 9.84. The molecule has 152 valence electrons. The Morgan fingerprint density at radius 3 is 2.46 bits per heavy atom. The van der Waals surface area contributed by atoms with Gasteiger partial charge >= 0.3 is 16.1 Å². The van der Waals surface area contributed by atoms with Gasteiger partial charge in [-0.25, -0.2) is 4.79 Å². The van der Waals surface area contributed by atoms with Gasteiger partial charge in [0, 0.05) is 23.2 Å². The van der Waals surface area contributed by atoms with Gasteiger partial charge in [0.15, 0.2) is 0 Å². The van der Waals surface area contributed by atoms with Crippen molar-refractivity contribution in [3.05, 3.63) is 54.1 Å². The van der Waals surface area contributed by atoms with Crippen molar-refractivity contribution in [3.8, 4) is 5.75 Å². The fourth-order valence-electron chi connectivity index (χ4n) is 2.58. The van der Waals surface area contributed by atoms with Crippen LogP contribution in [-0.4, -0.2) is 37.9 Å². The number of carbonyl (C=O) groups excluding carboxylic acids is 1. The van der Waals surface area contributed by atoms with Crippen LogP contribution in [0, 0.1) is 0 Å². The second-order valence-corrected chi connectivity index (χ2v) is 8.93. The molecule has 0 saturated heterocycles. The van der Waals surface area contributed by atoms with Crippen molar-refractivity contribution in [2.24, 2.45) is 0 Å². The average molecular weight is 423 g/mol. The number of carbonyl (C=O) groups is 1. The van der Waals surface area contributed by atoms with Gasteiger partial charge in [-0.05, 0) is 61.6 Å². The van der Waals surface area contributed by atoms with Crippen LogP contribution in [0.5, 0.6) is 5.75 Å². The van der Waals surface area contributed by atoms with Crippen LogP contribution in [0.3, 0.4) is 0 Å². The van der Waals surface area contributed by atoms with Crippen LogP contribution in [-0.2, 0) is 16.7 Å². The van der Waals surface area contributed by atoms with Crippen LogP contribution in [0.25, 0.3) is 0 Å². The van der Waals surface area contributed by atoms with Crippen LogP contribution >= 0.6 is 11.8 Å². The van der Waals surface area contributed by atoms with Crippen LogP contribution in [0.1, 0.15) is 25.8 Å². The van der Waals surface area contributed by atoms with Crippen LogP contribution in [0.15, 0.2) is 53.4 Å². The van der Waals surface area contributed by atoms with Gasteiger partial charge in [-0.2, -0.15) is 8.42 Å². The fraction of sp³-hybridized carbons (Fsp3) is 0.350. The summed E-state index contributed by atoms with van der Waals surface area (Å²) in [4.78, 5) is 15.7. The van der Waals surface area contributed by atoms with Gasteiger partial charge < -0.3 is 14.4 Å². The third-order valence-corrected chi connectivity index (χ3v) is 5.46. The summed E-state index contributed by atoms with van der Waals surface area (Å²) in [6, 6.07) is 14.2. The zero-order valence-electron chi connectivity index (χ0n) is 16.5. The second-order valence-electron chi connectivity index (χ2n) is 6.48. The zero-order valence-corrected chi connectivity index (χ0v) is 18.1. The summed E-state index contributed by atoms with van der Waals surface area (Å²) < 4.78 is 27.6. The van der Waals surface area contributed by atoms with Crippen molar-refractivity contribution < 1.29 is 17.4 Å². The molecule has 0 radical (unpaired) electrons. The maximum Gasteiger partial charge on any atom is 0.322 e. The van der Waals surface area contributed by atoms with E-state index in [2.05, 4.69) is 5.32 Å². The molecule has 0 bridgehead atoms. The molecule has 8 heteroatoms. The number of thioether (sulfide) groups is 1. The van der Waals surface area contributed by atoms with Crippen molar-refractivity contribution in [3.63, 3.8) is 0 Å². The lowest BCUT2D eigenvalue weighted by molar-refractivity contribution is 0.187. The smallest absolute Gasteiger partial charge is 0.322 e. The fourth-order valence-corrected chi connectivity index (χ4v) is 3.45. The molecule has 0 heterocycles. The molecule has 2 aromatic rings. The van der Waals surface area contributed by atoms with E-state index in [1.54, 1.807) is 34.9 Å². The minimum atomic E-state index is -3.60. The predicted octanol–water partition coefficient (Wildman–Crippen LogP) is 4.58. The Labute approximate surface area is 171 Å². The van der Waals surface area contributed by atoms with Crippen molar-refractivity contribution in [1.82, 2.24) is 4.90 Å². The van der Waals surface area contributed by atoms with Crippen molar-refractivity contribution >= 4 is 33.6 Å². The van der Waals surface area contributed by atoms with E-state index >= 15 is 0 Å². The molecule has 0 aliphatic carbocycles. The number of nitrogens with one attached hydrogen (secondary N) is 1. The van der Waals surface area contributed by atoms with E-state index in [-0.39, 0.29) is 17.8 Å². The lowest BCUT2D eigenvalue weighted by atomic mass is 10.1. The van der Waals surface area contributed by atoms with Gasteiger partial charge in [-0.15, -0.1) is 11.8 Å². The zero-order chi connectivity index (χ0) is 20.7. The molecule has 0 saturated carbocycles. The Balaban J connectivity index is 2.16. The van der Waals surface area contributed by atoms with Gasteiger partial charge in [0.2, 0.25) is 0 Å². The molecule has 1 atom stereocenters. The van der Waals surface area contributed by atoms with Gasteiger partial charge in [0.1, 0.15) is 5.75 Å². The van der Waals surface area contributed by atoms with E-state index in [1.165, 1.54) is 0 Å². The quantitative estimate of drug-likeness (QED) is 0.498. The highest BCUT2D eigenvalue weighted by Crippen LogP contribution is 2.21. The first-order valence-electron chi connectivity index (χ1n) is 8.92. The first kappa shape index (κ1) is 22.1. The maximum atomic E-state index is 12.9. The Hall–Kier alpha value is -2.19. The Kier molecular flexibility index (Phi) is 7.77. The van der Waals surface area contributed by atoms with Gasteiger partial charge in [-0.1, -0.05) is 19.1 Å². The average Bonchev–Trinajstić information content (AvgIpc) is 2.65. The minimum Gasteiger partial charge on any atom is -0.383 e. The summed E-state index contributed by atoms with van der Waals surface area (Å²) in [5.74, 6) is 0.233. The Bertz CT molecular complexity index is 899. The summed E-state index contributed by atoms with van der Waals surface area (Å²) in [6.45, 7) is 4.33. The SMILES string of the molecule is CCC(C)N(Cc1cccc(OS(C)(=O)=O)c1)C(=O)Nc1ccc(SC)cc1. The van der Waals surface area contributed by atoms with E-state index in [4.69, 9.17) is 4.18 Å². The number of benzene rings is 2. The standard InChI is InChI=1S/C20H26N2O4S2/c1-5-15(2)22(20(23)21-17-9-11-19(27-3)12-10-17)14-16-7-6-8-18(13-16)26-28(4,24)25/h6-13,15H,5,14H2,1-4H3,(H,21,23). The number of anilines is 1. The molecule has 1 N–H and O–H groups in total. The van der Waals surface area contributed by atoms with E-state index in [9.17, 15) is 13.2 Å². The molecule has 2 rings (SSSR count). The lowest BCUT2D eigenvalue weighted by Gasteiger charge is -2.29. The number of urea groups is 1. The van der Waals surface area contributed by atoms with Crippen molar-refractivity contribution in [2.75, 3.05) is 17.8 Å². The third-order valence-electron chi connectivity index (χ3n) is 4.22. The number of hydrogen-bond acceptors (Lipinski definition) is 5. The molecule has 28 heavy (non-hydrogen) atoms. The van der Waals surface area contributed by atoms with Crippen molar-refractivity contribution in [1.29, 1.82) is 0 Å². The monoisotopic (exact) mass is 422 g/mol. The van der Waals surface area contributed by atoms with Gasteiger partial charge in [0.05, 0.1) is 6.26 Å². The first-order valence-corrected chi connectivity index (χ1v) is 12.0. The molecule has 0 fully saturated rings. The van der Waals surface area contributed by atoms with E-state index in [1.807, 2.05) is 50.4 Å². The largest absolute Gasteiger partial charge is 0.383 e. The van der Waals surface area contributed by atoms with Gasteiger partial charge in [0.25, 0.3) is 0 Å². The van der Waals surface area contributed by atoms with E-state index in [0.717, 1.165) is 28.8 Å². The predicted molar refractivity (Wildman–Crippen MR) is 114 cm³/mol. The molecular formula is C20H26N2O4S2. The highest BCUT2D eigenvalue weighted by Gasteiger charge is 2.20. The molecule has 2 aromatic carbocycles. The molecule has 6 nitrogen and oxygen atoms in total. The van der Waals surface area contributed by atoms with E-state index < -0.39 is 10.1 Å². The molecule has 1 unspecified atom stereocenters. The lowest BCUT2D eigenvalue weighted by Crippen LogP contribution is -2.40. The molecule has 0 aromatic heterocycles. The first-order chi connectivity index (χ1) is 13.2. The topological polar surface area (TPSA) is 75.7 Å². The van der Waals surface area contributed by atoms with E-state index in [0.29, 0.717) is 6.54 Å². The number of rotatable bonds is 8. The Morgan fingerprint density at radius 1 is 1.21 bits per heavy atom. The minimum absolute atomic E-state index is 0.00459. The normalized spacial score (nSPS) is 12.3. The van der Waals surface area contributed by atoms with Crippen molar-refractivity contribution in [2.45, 2.75) is 37.8 Å². The molecule has 0 aliphatic rings. The number of amides is 2. The summed E-state index contributed by atoms with van der Waals surface area (Å²) in [7, 11) is -3.60. The molecule has 0 spiro atoms. The molecule has 2 amide bonds. The van der Waals surface area contributed by atoms with Crippen LogP contribution in [0.2, 0.25) is 0 Å². The molecule has 0 aliphatic heterocycles. The third kappa shape index (κ3) is 6.76. The molecular weight excluding hydrogens is 396 g/mol. The Morgan fingerprint density at radius 2 is 1.89 bits per heavy atom. The number of nitrogens with zero attached hydrogens (tertiary/aromatic N) is 1. The highest BCUT2D eigenvalue weighted by molar-refractivity contribution is 7.98. The van der Waals surface area contributed by atoms with Crippen LogP contribution < -0.4 is 9.50 Å². The number of hydrogen-bond donors (Lipinski definition) is 1. The summed E-state index contributed by atoms with van der Waals surface area (Å²) >= 11 is 1.64. The summed E-state index contributed by atoms with van der Waals surface area (Å²) in [5.41, 5.74) is 1.51. The van der Waals surface area contributed by atoms with Gasteiger partial charge in [-0.3, -0.25) is 0 Å². The highest BCUT2D eigenvalue weighted by atomic mass is 32.2.